The molecule has 0 saturated carbocycles. The van der Waals surface area contributed by atoms with Gasteiger partial charge in [0.15, 0.2) is 0 Å². The quantitative estimate of drug-likeness (QED) is 0.896. The Morgan fingerprint density at radius 3 is 2.68 bits per heavy atom. The summed E-state index contributed by atoms with van der Waals surface area (Å²) in [5, 5.41) is 16.0. The minimum atomic E-state index is -4.61. The third kappa shape index (κ3) is 2.41. The number of nitrogens with two attached hydrogens (primary N) is 1. The highest BCUT2D eigenvalue weighted by Crippen LogP contribution is 2.33. The van der Waals surface area contributed by atoms with Gasteiger partial charge in [0, 0.05) is 6.54 Å². The molecular weight excluding hydrogens is 259 g/mol. The van der Waals surface area contributed by atoms with E-state index in [1.165, 1.54) is 23.0 Å². The van der Waals surface area contributed by atoms with Crippen LogP contribution in [0.2, 0.25) is 0 Å². The average molecular weight is 267 g/mol. The lowest BCUT2D eigenvalue weighted by Gasteiger charge is -2.11. The third-order valence-corrected chi connectivity index (χ3v) is 2.50. The molecule has 1 heterocycles. The molecule has 0 fully saturated rings. The van der Waals surface area contributed by atoms with Gasteiger partial charge in [-0.05, 0) is 18.2 Å². The summed E-state index contributed by atoms with van der Waals surface area (Å²) in [7, 11) is 0. The van der Waals surface area contributed by atoms with Gasteiger partial charge in [-0.2, -0.15) is 18.4 Å². The van der Waals surface area contributed by atoms with Gasteiger partial charge in [-0.1, -0.05) is 5.21 Å². The SMILES string of the molecule is N#Cc1ccc(-n2nncc2CN)cc1C(F)(F)F. The van der Waals surface area contributed by atoms with Crippen LogP contribution < -0.4 is 5.73 Å². The van der Waals surface area contributed by atoms with Crippen LogP contribution in [-0.2, 0) is 12.7 Å². The zero-order valence-corrected chi connectivity index (χ0v) is 9.52. The molecule has 1 aromatic heterocycles. The highest BCUT2D eigenvalue weighted by atomic mass is 19.4. The van der Waals surface area contributed by atoms with E-state index >= 15 is 0 Å². The van der Waals surface area contributed by atoms with Crippen molar-refractivity contribution in [2.75, 3.05) is 0 Å². The Kier molecular flexibility index (Phi) is 3.23. The molecule has 0 atom stereocenters. The number of benzene rings is 1. The van der Waals surface area contributed by atoms with Crippen LogP contribution in [-0.4, -0.2) is 15.0 Å². The first kappa shape index (κ1) is 13.0. The van der Waals surface area contributed by atoms with E-state index in [0.29, 0.717) is 5.69 Å². The Labute approximate surface area is 106 Å². The van der Waals surface area contributed by atoms with Crippen molar-refractivity contribution in [2.45, 2.75) is 12.7 Å². The lowest BCUT2D eigenvalue weighted by molar-refractivity contribution is -0.137. The van der Waals surface area contributed by atoms with Crippen LogP contribution in [0, 0.1) is 11.3 Å². The third-order valence-electron chi connectivity index (χ3n) is 2.50. The summed E-state index contributed by atoms with van der Waals surface area (Å²) in [6, 6.07) is 4.83. The molecule has 0 saturated heterocycles. The van der Waals surface area contributed by atoms with Crippen molar-refractivity contribution >= 4 is 0 Å². The molecule has 0 aliphatic carbocycles. The van der Waals surface area contributed by atoms with Gasteiger partial charge in [-0.3, -0.25) is 0 Å². The second-order valence-corrected chi connectivity index (χ2v) is 3.68. The second-order valence-electron chi connectivity index (χ2n) is 3.68. The van der Waals surface area contributed by atoms with Gasteiger partial charge in [0.05, 0.1) is 34.8 Å². The molecule has 5 nitrogen and oxygen atoms in total. The van der Waals surface area contributed by atoms with E-state index in [-0.39, 0.29) is 12.2 Å². The van der Waals surface area contributed by atoms with Crippen molar-refractivity contribution in [1.82, 2.24) is 15.0 Å². The van der Waals surface area contributed by atoms with Crippen LogP contribution in [0.5, 0.6) is 0 Å². The lowest BCUT2D eigenvalue weighted by atomic mass is 10.1. The van der Waals surface area contributed by atoms with E-state index in [9.17, 15) is 13.2 Å². The minimum absolute atomic E-state index is 0.0916. The van der Waals surface area contributed by atoms with E-state index in [2.05, 4.69) is 10.3 Å². The zero-order valence-electron chi connectivity index (χ0n) is 9.52. The van der Waals surface area contributed by atoms with Crippen molar-refractivity contribution < 1.29 is 13.2 Å². The van der Waals surface area contributed by atoms with E-state index in [4.69, 9.17) is 11.0 Å². The van der Waals surface area contributed by atoms with Crippen LogP contribution >= 0.6 is 0 Å². The predicted molar refractivity (Wildman–Crippen MR) is 59.0 cm³/mol. The summed E-state index contributed by atoms with van der Waals surface area (Å²) >= 11 is 0. The smallest absolute Gasteiger partial charge is 0.325 e. The number of nitriles is 1. The van der Waals surface area contributed by atoms with E-state index in [1.54, 1.807) is 0 Å². The van der Waals surface area contributed by atoms with Crippen molar-refractivity contribution in [3.63, 3.8) is 0 Å². The Morgan fingerprint density at radius 2 is 2.11 bits per heavy atom. The molecule has 1 aromatic carbocycles. The number of rotatable bonds is 2. The monoisotopic (exact) mass is 267 g/mol. The minimum Gasteiger partial charge on any atom is -0.325 e. The average Bonchev–Trinajstić information content (AvgIpc) is 2.85. The summed E-state index contributed by atoms with van der Waals surface area (Å²) in [5.41, 5.74) is 4.62. The molecule has 0 unspecified atom stereocenters. The number of alkyl halides is 3. The fourth-order valence-corrected chi connectivity index (χ4v) is 1.61. The number of aromatic nitrogens is 3. The topological polar surface area (TPSA) is 80.5 Å². The molecule has 8 heteroatoms. The van der Waals surface area contributed by atoms with Crippen LogP contribution in [0.15, 0.2) is 24.4 Å². The largest absolute Gasteiger partial charge is 0.417 e. The lowest BCUT2D eigenvalue weighted by Crippen LogP contribution is -2.11. The van der Waals surface area contributed by atoms with Gasteiger partial charge in [0.2, 0.25) is 0 Å². The van der Waals surface area contributed by atoms with Crippen molar-refractivity contribution in [3.05, 3.63) is 41.2 Å². The highest BCUT2D eigenvalue weighted by Gasteiger charge is 2.34. The normalized spacial score (nSPS) is 11.3. The molecule has 2 aromatic rings. The summed E-state index contributed by atoms with van der Waals surface area (Å²) in [5.74, 6) is 0. The predicted octanol–water partition coefficient (Wildman–Crippen LogP) is 1.62. The molecule has 2 N–H and O–H groups in total. The fourth-order valence-electron chi connectivity index (χ4n) is 1.61. The van der Waals surface area contributed by atoms with E-state index in [0.717, 1.165) is 12.1 Å². The number of hydrogen-bond acceptors (Lipinski definition) is 4. The summed E-state index contributed by atoms with van der Waals surface area (Å²) < 4.78 is 39.7. The molecule has 0 aliphatic heterocycles. The van der Waals surface area contributed by atoms with Crippen LogP contribution in [0.3, 0.4) is 0 Å². The van der Waals surface area contributed by atoms with Crippen LogP contribution in [0.4, 0.5) is 13.2 Å². The molecule has 2 rings (SSSR count). The van der Waals surface area contributed by atoms with Gasteiger partial charge in [0.1, 0.15) is 0 Å². The van der Waals surface area contributed by atoms with Crippen LogP contribution in [0.1, 0.15) is 16.8 Å². The molecule has 19 heavy (non-hydrogen) atoms. The van der Waals surface area contributed by atoms with Gasteiger partial charge in [-0.25, -0.2) is 4.68 Å². The van der Waals surface area contributed by atoms with Crippen molar-refractivity contribution in [1.29, 1.82) is 5.26 Å². The molecule has 0 aliphatic rings. The molecular formula is C11H8F3N5. The Bertz CT molecular complexity index is 639. The second kappa shape index (κ2) is 4.70. The molecule has 98 valence electrons. The van der Waals surface area contributed by atoms with Gasteiger partial charge >= 0.3 is 6.18 Å². The maximum absolute atomic E-state index is 12.8. The maximum Gasteiger partial charge on any atom is 0.417 e. The molecule has 0 amide bonds. The standard InChI is InChI=1S/C11H8F3N5/c12-11(13,14)10-3-8(2-1-7(10)4-15)19-9(5-16)6-17-18-19/h1-3,6H,5,16H2. The molecule has 0 radical (unpaired) electrons. The van der Waals surface area contributed by atoms with Crippen molar-refractivity contribution in [2.24, 2.45) is 5.73 Å². The zero-order chi connectivity index (χ0) is 14.0. The maximum atomic E-state index is 12.8. The number of hydrogen-bond donors (Lipinski definition) is 1. The Balaban J connectivity index is 2.59. The Morgan fingerprint density at radius 1 is 1.37 bits per heavy atom. The Hall–Kier alpha value is -2.40. The first-order chi connectivity index (χ1) is 8.97. The van der Waals surface area contributed by atoms with Gasteiger partial charge in [0.25, 0.3) is 0 Å². The summed E-state index contributed by atoms with van der Waals surface area (Å²) in [6.45, 7) is 0.0916. The summed E-state index contributed by atoms with van der Waals surface area (Å²) in [4.78, 5) is 0. The summed E-state index contributed by atoms with van der Waals surface area (Å²) in [6.07, 6.45) is -3.24. The van der Waals surface area contributed by atoms with Crippen LogP contribution in [0.25, 0.3) is 5.69 Å². The van der Waals surface area contributed by atoms with E-state index in [1.807, 2.05) is 0 Å². The number of halogens is 3. The van der Waals surface area contributed by atoms with Gasteiger partial charge < -0.3 is 5.73 Å². The first-order valence-corrected chi connectivity index (χ1v) is 5.18. The van der Waals surface area contributed by atoms with E-state index < -0.39 is 17.3 Å². The molecule has 0 spiro atoms. The van der Waals surface area contributed by atoms with Crippen molar-refractivity contribution in [3.8, 4) is 11.8 Å². The first-order valence-electron chi connectivity index (χ1n) is 5.18. The highest BCUT2D eigenvalue weighted by molar-refractivity contribution is 5.47. The van der Waals surface area contributed by atoms with Gasteiger partial charge in [-0.15, -0.1) is 5.10 Å². The molecule has 0 bridgehead atoms. The number of nitrogens with zero attached hydrogens (tertiary/aromatic N) is 4. The fraction of sp³-hybridized carbons (Fsp3) is 0.182.